The number of alkyl halides is 3. The van der Waals surface area contributed by atoms with E-state index in [1.54, 1.807) is 24.3 Å². The molecule has 1 aliphatic rings. The first kappa shape index (κ1) is 19.2. The summed E-state index contributed by atoms with van der Waals surface area (Å²) < 4.78 is 58.7. The molecule has 27 heavy (non-hydrogen) atoms. The lowest BCUT2D eigenvalue weighted by Crippen LogP contribution is -2.49. The van der Waals surface area contributed by atoms with E-state index in [0.717, 1.165) is 12.1 Å². The van der Waals surface area contributed by atoms with Crippen LogP contribution >= 0.6 is 0 Å². The van der Waals surface area contributed by atoms with Crippen LogP contribution in [0.3, 0.4) is 0 Å². The van der Waals surface area contributed by atoms with Gasteiger partial charge in [-0.05, 0) is 18.2 Å². The molecule has 1 unspecified atom stereocenters. The quantitative estimate of drug-likeness (QED) is 0.825. The Morgan fingerprint density at radius 2 is 1.93 bits per heavy atom. The van der Waals surface area contributed by atoms with E-state index in [1.807, 2.05) is 0 Å². The van der Waals surface area contributed by atoms with Crippen molar-refractivity contribution in [2.24, 2.45) is 0 Å². The summed E-state index contributed by atoms with van der Waals surface area (Å²) in [4.78, 5) is 14.3. The minimum Gasteiger partial charge on any atom is -0.496 e. The zero-order valence-corrected chi connectivity index (χ0v) is 14.5. The number of carbonyl (C=O) groups excluding carboxylic acids is 1. The highest BCUT2D eigenvalue weighted by atomic mass is 19.4. The Labute approximate surface area is 153 Å². The number of hydrogen-bond donors (Lipinski definition) is 1. The Kier molecular flexibility index (Phi) is 5.36. The van der Waals surface area contributed by atoms with Gasteiger partial charge in [0, 0.05) is 25.2 Å². The minimum atomic E-state index is -4.87. The number of hydrogen-bond acceptors (Lipinski definition) is 3. The molecule has 1 amide bonds. The summed E-state index contributed by atoms with van der Waals surface area (Å²) in [6, 6.07) is 9.32. The molecular weight excluding hydrogens is 364 g/mol. The van der Waals surface area contributed by atoms with E-state index in [4.69, 9.17) is 4.74 Å². The van der Waals surface area contributed by atoms with Crippen LogP contribution in [0.2, 0.25) is 0 Å². The summed E-state index contributed by atoms with van der Waals surface area (Å²) >= 11 is 0. The molecule has 0 aromatic heterocycles. The number of piperazine rings is 1. The van der Waals surface area contributed by atoms with Gasteiger partial charge in [0.25, 0.3) is 5.91 Å². The maximum Gasteiger partial charge on any atom is 0.419 e. The van der Waals surface area contributed by atoms with E-state index in [2.05, 4.69) is 5.32 Å². The molecule has 4 nitrogen and oxygen atoms in total. The zero-order valence-electron chi connectivity index (χ0n) is 14.5. The first-order chi connectivity index (χ1) is 12.8. The molecule has 1 atom stereocenters. The molecule has 1 fully saturated rings. The molecule has 1 N–H and O–H groups in total. The topological polar surface area (TPSA) is 41.6 Å². The van der Waals surface area contributed by atoms with Gasteiger partial charge in [-0.15, -0.1) is 0 Å². The average molecular weight is 382 g/mol. The number of amides is 1. The van der Waals surface area contributed by atoms with Crippen LogP contribution in [0.25, 0.3) is 0 Å². The van der Waals surface area contributed by atoms with Crippen molar-refractivity contribution >= 4 is 5.91 Å². The second-order valence-electron chi connectivity index (χ2n) is 6.13. The molecule has 2 aromatic carbocycles. The number of methoxy groups -OCH3 is 1. The summed E-state index contributed by atoms with van der Waals surface area (Å²) in [6.45, 7) is 1.07. The number of nitrogens with one attached hydrogen (secondary N) is 1. The summed E-state index contributed by atoms with van der Waals surface area (Å²) in [5.41, 5.74) is -1.34. The third kappa shape index (κ3) is 3.75. The normalized spacial score (nSPS) is 17.7. The number of carbonyl (C=O) groups is 1. The molecule has 0 radical (unpaired) electrons. The average Bonchev–Trinajstić information content (AvgIpc) is 2.66. The lowest BCUT2D eigenvalue weighted by molar-refractivity contribution is -0.140. The lowest BCUT2D eigenvalue weighted by atomic mass is 10.00. The third-order valence-electron chi connectivity index (χ3n) is 4.54. The number of para-hydroxylation sites is 1. The second kappa shape index (κ2) is 7.56. The summed E-state index contributed by atoms with van der Waals surface area (Å²) in [7, 11) is 1.49. The van der Waals surface area contributed by atoms with Crippen LogP contribution in [0.15, 0.2) is 42.5 Å². The van der Waals surface area contributed by atoms with Crippen LogP contribution in [-0.4, -0.2) is 37.6 Å². The van der Waals surface area contributed by atoms with Gasteiger partial charge in [0.1, 0.15) is 11.6 Å². The predicted molar refractivity (Wildman–Crippen MR) is 91.0 cm³/mol. The Hall–Kier alpha value is -2.61. The van der Waals surface area contributed by atoms with Gasteiger partial charge in [-0.25, -0.2) is 4.39 Å². The van der Waals surface area contributed by atoms with E-state index in [-0.39, 0.29) is 6.54 Å². The highest BCUT2D eigenvalue weighted by Gasteiger charge is 2.38. The van der Waals surface area contributed by atoms with Crippen molar-refractivity contribution in [1.29, 1.82) is 0 Å². The van der Waals surface area contributed by atoms with Gasteiger partial charge >= 0.3 is 6.18 Å². The van der Waals surface area contributed by atoms with Gasteiger partial charge in [0.15, 0.2) is 0 Å². The number of benzene rings is 2. The fourth-order valence-electron chi connectivity index (χ4n) is 3.24. The number of nitrogens with zero attached hydrogens (tertiary/aromatic N) is 1. The molecule has 1 aliphatic heterocycles. The summed E-state index contributed by atoms with van der Waals surface area (Å²) in [6.07, 6.45) is -4.87. The monoisotopic (exact) mass is 382 g/mol. The molecule has 3 rings (SSSR count). The van der Waals surface area contributed by atoms with Crippen LogP contribution < -0.4 is 10.1 Å². The maximum atomic E-state index is 14.4. The van der Waals surface area contributed by atoms with E-state index in [9.17, 15) is 22.4 Å². The molecule has 1 saturated heterocycles. The summed E-state index contributed by atoms with van der Waals surface area (Å²) in [5, 5.41) is 3.15. The van der Waals surface area contributed by atoms with Crippen molar-refractivity contribution < 1.29 is 27.1 Å². The number of ether oxygens (including phenoxy) is 1. The second-order valence-corrected chi connectivity index (χ2v) is 6.13. The van der Waals surface area contributed by atoms with E-state index >= 15 is 0 Å². The van der Waals surface area contributed by atoms with Gasteiger partial charge in [-0.1, -0.05) is 24.3 Å². The van der Waals surface area contributed by atoms with E-state index < -0.39 is 35.1 Å². The first-order valence-electron chi connectivity index (χ1n) is 8.35. The smallest absolute Gasteiger partial charge is 0.419 e. The van der Waals surface area contributed by atoms with Crippen molar-refractivity contribution in [2.75, 3.05) is 26.7 Å². The fraction of sp³-hybridized carbons (Fsp3) is 0.316. The molecule has 0 aliphatic carbocycles. The standard InChI is InChI=1S/C19H18F4N2O2/c1-27-16-8-3-2-5-12(16)15-11-24-9-10-25(15)18(26)13-6-4-7-14(17(13)20)19(21,22)23/h2-8,15,24H,9-11H2,1H3. The lowest BCUT2D eigenvalue weighted by Gasteiger charge is -2.37. The van der Waals surface area contributed by atoms with Crippen molar-refractivity contribution in [1.82, 2.24) is 10.2 Å². The molecule has 0 spiro atoms. The van der Waals surface area contributed by atoms with E-state index in [1.165, 1.54) is 12.0 Å². The van der Waals surface area contributed by atoms with Gasteiger partial charge in [0.05, 0.1) is 24.3 Å². The van der Waals surface area contributed by atoms with E-state index in [0.29, 0.717) is 30.5 Å². The Morgan fingerprint density at radius 3 is 2.63 bits per heavy atom. The highest BCUT2D eigenvalue weighted by molar-refractivity contribution is 5.95. The van der Waals surface area contributed by atoms with Gasteiger partial charge in [-0.2, -0.15) is 13.2 Å². The Bertz CT molecular complexity index is 839. The zero-order chi connectivity index (χ0) is 19.6. The first-order valence-corrected chi connectivity index (χ1v) is 8.35. The fourth-order valence-corrected chi connectivity index (χ4v) is 3.24. The van der Waals surface area contributed by atoms with Gasteiger partial charge in [-0.3, -0.25) is 4.79 Å². The molecular formula is C19H18F4N2O2. The minimum absolute atomic E-state index is 0.233. The van der Waals surface area contributed by atoms with Crippen LogP contribution in [0.1, 0.15) is 27.5 Å². The van der Waals surface area contributed by atoms with Crippen LogP contribution in [0.5, 0.6) is 5.75 Å². The summed E-state index contributed by atoms with van der Waals surface area (Å²) in [5.74, 6) is -1.78. The van der Waals surface area contributed by atoms with Crippen LogP contribution in [-0.2, 0) is 6.18 Å². The molecule has 1 heterocycles. The Morgan fingerprint density at radius 1 is 1.19 bits per heavy atom. The van der Waals surface area contributed by atoms with Crippen LogP contribution in [0, 0.1) is 5.82 Å². The molecule has 2 aromatic rings. The molecule has 0 saturated carbocycles. The van der Waals surface area contributed by atoms with Crippen molar-refractivity contribution in [3.63, 3.8) is 0 Å². The number of halogens is 4. The van der Waals surface area contributed by atoms with Crippen LogP contribution in [0.4, 0.5) is 17.6 Å². The molecule has 144 valence electrons. The molecule has 8 heteroatoms. The molecule has 0 bridgehead atoms. The highest BCUT2D eigenvalue weighted by Crippen LogP contribution is 2.35. The van der Waals surface area contributed by atoms with Crippen molar-refractivity contribution in [3.05, 3.63) is 65.0 Å². The maximum absolute atomic E-state index is 14.4. The van der Waals surface area contributed by atoms with Crippen molar-refractivity contribution in [2.45, 2.75) is 12.2 Å². The van der Waals surface area contributed by atoms with Crippen molar-refractivity contribution in [3.8, 4) is 5.75 Å². The number of rotatable bonds is 3. The largest absolute Gasteiger partial charge is 0.496 e. The van der Waals surface area contributed by atoms with Gasteiger partial charge in [0.2, 0.25) is 0 Å². The third-order valence-corrected chi connectivity index (χ3v) is 4.54. The SMILES string of the molecule is COc1ccccc1C1CNCCN1C(=O)c1cccc(C(F)(F)F)c1F. The van der Waals surface area contributed by atoms with Gasteiger partial charge < -0.3 is 15.0 Å². The predicted octanol–water partition coefficient (Wildman–Crippen LogP) is 3.64. The Balaban J connectivity index is 2.00.